The maximum Gasteiger partial charge on any atom is 0.284 e. The summed E-state index contributed by atoms with van der Waals surface area (Å²) in [5, 5.41) is 5.29. The maximum atomic E-state index is 12.5. The van der Waals surface area contributed by atoms with E-state index in [0.717, 1.165) is 29.8 Å². The summed E-state index contributed by atoms with van der Waals surface area (Å²) in [6.45, 7) is 5.95. The van der Waals surface area contributed by atoms with Gasteiger partial charge in [-0.25, -0.2) is 4.68 Å². The van der Waals surface area contributed by atoms with Crippen molar-refractivity contribution in [3.05, 3.63) is 45.2 Å². The normalized spacial score (nSPS) is 10.9. The Kier molecular flexibility index (Phi) is 7.33. The summed E-state index contributed by atoms with van der Waals surface area (Å²) in [4.78, 5) is 12.5. The van der Waals surface area contributed by atoms with Crippen molar-refractivity contribution in [3.8, 4) is 5.75 Å². The van der Waals surface area contributed by atoms with Crippen LogP contribution in [0.25, 0.3) is 0 Å². The number of ether oxygens (including phenoxy) is 1. The van der Waals surface area contributed by atoms with Crippen LogP contribution in [-0.4, -0.2) is 22.3 Å². The average molecular weight is 383 g/mol. The van der Waals surface area contributed by atoms with Gasteiger partial charge >= 0.3 is 0 Å². The molecule has 0 radical (unpaired) electrons. The fourth-order valence-corrected chi connectivity index (χ4v) is 3.26. The Morgan fingerprint density at radius 2 is 1.96 bits per heavy atom. The summed E-state index contributed by atoms with van der Waals surface area (Å²) in [6, 6.07) is 4.91. The minimum atomic E-state index is -0.216. The van der Waals surface area contributed by atoms with E-state index in [1.807, 2.05) is 13.8 Å². The molecule has 136 valence electrons. The lowest BCUT2D eigenvalue weighted by molar-refractivity contribution is 0.0818. The molecular formula is C19H24Cl2N2O2. The zero-order valence-electron chi connectivity index (χ0n) is 14.9. The third kappa shape index (κ3) is 5.23. The molecule has 0 bridgehead atoms. The molecule has 4 nitrogen and oxygen atoms in total. The Bertz CT molecular complexity index is 741. The SMILES string of the molecule is CCCCCCc1c(C)nn(C(=O)COc2ccc(Cl)cc2Cl)c1C. The van der Waals surface area contributed by atoms with Crippen LogP contribution in [0, 0.1) is 13.8 Å². The maximum absolute atomic E-state index is 12.5. The quantitative estimate of drug-likeness (QED) is 0.554. The molecular weight excluding hydrogens is 359 g/mol. The van der Waals surface area contributed by atoms with Gasteiger partial charge < -0.3 is 4.74 Å². The number of carbonyl (C=O) groups excluding carboxylic acids is 1. The first-order valence-electron chi connectivity index (χ1n) is 8.60. The lowest BCUT2D eigenvalue weighted by Gasteiger charge is -2.08. The molecule has 0 N–H and O–H groups in total. The van der Waals surface area contributed by atoms with Crippen LogP contribution in [0.1, 0.15) is 54.4 Å². The van der Waals surface area contributed by atoms with Gasteiger partial charge in [0.15, 0.2) is 6.61 Å². The third-order valence-corrected chi connectivity index (χ3v) is 4.73. The van der Waals surface area contributed by atoms with E-state index in [-0.39, 0.29) is 12.5 Å². The minimum absolute atomic E-state index is 0.126. The lowest BCUT2D eigenvalue weighted by atomic mass is 10.0. The molecule has 0 aliphatic carbocycles. The number of nitrogens with zero attached hydrogens (tertiary/aromatic N) is 2. The van der Waals surface area contributed by atoms with Gasteiger partial charge in [-0.3, -0.25) is 4.79 Å². The van der Waals surface area contributed by atoms with Crippen LogP contribution in [0.3, 0.4) is 0 Å². The number of carbonyl (C=O) groups is 1. The molecule has 0 amide bonds. The van der Waals surface area contributed by atoms with Gasteiger partial charge in [-0.1, -0.05) is 49.4 Å². The van der Waals surface area contributed by atoms with Crippen molar-refractivity contribution in [3.63, 3.8) is 0 Å². The molecule has 0 aliphatic heterocycles. The summed E-state index contributed by atoms with van der Waals surface area (Å²) in [5.74, 6) is 0.215. The molecule has 25 heavy (non-hydrogen) atoms. The number of hydrogen-bond acceptors (Lipinski definition) is 3. The molecule has 0 spiro atoms. The topological polar surface area (TPSA) is 44.1 Å². The van der Waals surface area contributed by atoms with E-state index in [0.29, 0.717) is 15.8 Å². The third-order valence-electron chi connectivity index (χ3n) is 4.20. The molecule has 0 saturated carbocycles. The monoisotopic (exact) mass is 382 g/mol. The first kappa shape index (κ1) is 19.8. The number of benzene rings is 1. The Morgan fingerprint density at radius 1 is 1.20 bits per heavy atom. The highest BCUT2D eigenvalue weighted by Gasteiger charge is 2.17. The number of hydrogen-bond donors (Lipinski definition) is 0. The van der Waals surface area contributed by atoms with Gasteiger partial charge in [-0.05, 0) is 50.5 Å². The fourth-order valence-electron chi connectivity index (χ4n) is 2.80. The lowest BCUT2D eigenvalue weighted by Crippen LogP contribution is -2.22. The van der Waals surface area contributed by atoms with E-state index < -0.39 is 0 Å². The second-order valence-electron chi connectivity index (χ2n) is 6.13. The van der Waals surface area contributed by atoms with E-state index in [9.17, 15) is 4.79 Å². The van der Waals surface area contributed by atoms with E-state index in [1.165, 1.54) is 23.9 Å². The van der Waals surface area contributed by atoms with E-state index in [2.05, 4.69) is 12.0 Å². The number of halogens is 2. The van der Waals surface area contributed by atoms with Crippen molar-refractivity contribution in [1.82, 2.24) is 9.78 Å². The summed E-state index contributed by atoms with van der Waals surface area (Å²) in [7, 11) is 0. The predicted molar refractivity (Wildman–Crippen MR) is 102 cm³/mol. The van der Waals surface area contributed by atoms with E-state index in [4.69, 9.17) is 27.9 Å². The van der Waals surface area contributed by atoms with Gasteiger partial charge in [0.2, 0.25) is 0 Å². The van der Waals surface area contributed by atoms with Crippen molar-refractivity contribution in [2.75, 3.05) is 6.61 Å². The molecule has 0 aliphatic rings. The number of rotatable bonds is 8. The highest BCUT2D eigenvalue weighted by Crippen LogP contribution is 2.27. The van der Waals surface area contributed by atoms with Gasteiger partial charge in [0.1, 0.15) is 5.75 Å². The fraction of sp³-hybridized carbons (Fsp3) is 0.474. The summed E-state index contributed by atoms with van der Waals surface area (Å²) >= 11 is 11.9. The smallest absolute Gasteiger partial charge is 0.284 e. The van der Waals surface area contributed by atoms with Gasteiger partial charge in [-0.2, -0.15) is 5.10 Å². The predicted octanol–water partition coefficient (Wildman–Crippen LogP) is 5.65. The van der Waals surface area contributed by atoms with E-state index >= 15 is 0 Å². The average Bonchev–Trinajstić information content (AvgIpc) is 2.85. The molecule has 0 saturated heterocycles. The second-order valence-corrected chi connectivity index (χ2v) is 6.97. The Labute approximate surface area is 159 Å². The van der Waals surface area contributed by atoms with E-state index in [1.54, 1.807) is 18.2 Å². The highest BCUT2D eigenvalue weighted by molar-refractivity contribution is 6.35. The minimum Gasteiger partial charge on any atom is -0.482 e. The number of unbranched alkanes of at least 4 members (excludes halogenated alkanes) is 3. The summed E-state index contributed by atoms with van der Waals surface area (Å²) < 4.78 is 6.96. The van der Waals surface area contributed by atoms with Crippen LogP contribution in [0.4, 0.5) is 0 Å². The van der Waals surface area contributed by atoms with Gasteiger partial charge in [0.25, 0.3) is 5.91 Å². The van der Waals surface area contributed by atoms with Crippen LogP contribution in [0.15, 0.2) is 18.2 Å². The van der Waals surface area contributed by atoms with Gasteiger partial charge in [-0.15, -0.1) is 0 Å². The van der Waals surface area contributed by atoms with Crippen molar-refractivity contribution < 1.29 is 9.53 Å². The first-order chi connectivity index (χ1) is 11.9. The molecule has 0 fully saturated rings. The Hall–Kier alpha value is -1.52. The molecule has 0 unspecified atom stereocenters. The van der Waals surface area contributed by atoms with Gasteiger partial charge in [0.05, 0.1) is 10.7 Å². The first-order valence-corrected chi connectivity index (χ1v) is 9.35. The second kappa shape index (κ2) is 9.25. The van der Waals surface area contributed by atoms with Crippen molar-refractivity contribution in [2.45, 2.75) is 52.9 Å². The Balaban J connectivity index is 2.01. The summed E-state index contributed by atoms with van der Waals surface area (Å²) in [6.07, 6.45) is 5.72. The van der Waals surface area contributed by atoms with Crippen molar-refractivity contribution in [2.24, 2.45) is 0 Å². The molecule has 0 atom stereocenters. The van der Waals surface area contributed by atoms with Gasteiger partial charge in [0, 0.05) is 10.7 Å². The zero-order chi connectivity index (χ0) is 18.4. The molecule has 2 aromatic rings. The largest absolute Gasteiger partial charge is 0.482 e. The summed E-state index contributed by atoms with van der Waals surface area (Å²) in [5.41, 5.74) is 2.96. The Morgan fingerprint density at radius 3 is 2.64 bits per heavy atom. The molecule has 1 aromatic heterocycles. The number of aryl methyl sites for hydroxylation is 1. The van der Waals surface area contributed by atoms with Crippen molar-refractivity contribution >= 4 is 29.1 Å². The highest BCUT2D eigenvalue weighted by atomic mass is 35.5. The number of aromatic nitrogens is 2. The molecule has 6 heteroatoms. The van der Waals surface area contributed by atoms with Crippen LogP contribution in [0.5, 0.6) is 5.75 Å². The van der Waals surface area contributed by atoms with Crippen LogP contribution in [-0.2, 0) is 6.42 Å². The van der Waals surface area contributed by atoms with Crippen molar-refractivity contribution in [1.29, 1.82) is 0 Å². The standard InChI is InChI=1S/C19H24Cl2N2O2/c1-4-5-6-7-8-16-13(2)22-23(14(16)3)19(24)12-25-18-10-9-15(20)11-17(18)21/h9-11H,4-8,12H2,1-3H3. The molecule has 1 aromatic carbocycles. The van der Waals surface area contributed by atoms with Crippen LogP contribution >= 0.6 is 23.2 Å². The van der Waals surface area contributed by atoms with Crippen LogP contribution < -0.4 is 4.74 Å². The zero-order valence-corrected chi connectivity index (χ0v) is 16.5. The molecule has 2 rings (SSSR count). The molecule has 1 heterocycles. The van der Waals surface area contributed by atoms with Crippen LogP contribution in [0.2, 0.25) is 10.0 Å².